The molecule has 1 rings (SSSR count). The van der Waals surface area contributed by atoms with Crippen LogP contribution in [0.15, 0.2) is 14.3 Å². The maximum absolute atomic E-state index is 3.46. The summed E-state index contributed by atoms with van der Waals surface area (Å²) in [5, 5.41) is 0. The highest BCUT2D eigenvalue weighted by atomic mass is 79.9. The van der Waals surface area contributed by atoms with E-state index in [0.717, 1.165) is 0 Å². The molecule has 1 heterocycles. The zero-order chi connectivity index (χ0) is 7.72. The summed E-state index contributed by atoms with van der Waals surface area (Å²) < 4.78 is 2.36. The molecule has 0 spiro atoms. The van der Waals surface area contributed by atoms with E-state index in [1.165, 1.54) is 13.1 Å². The topological polar surface area (TPSA) is 0 Å². The van der Waals surface area contributed by atoms with E-state index in [1.54, 1.807) is 11.3 Å². The third kappa shape index (κ3) is 1.83. The molecule has 0 unspecified atom stereocenters. The molecule has 1 aromatic rings. The number of halogens is 2. The molecular weight excluding hydrogens is 276 g/mol. The monoisotopic (exact) mass is 282 g/mol. The second kappa shape index (κ2) is 3.37. The molecule has 0 aliphatic rings. The van der Waals surface area contributed by atoms with Crippen LogP contribution in [0.5, 0.6) is 0 Å². The lowest BCUT2D eigenvalue weighted by molar-refractivity contribution is 0.889. The first kappa shape index (κ1) is 8.75. The Morgan fingerprint density at radius 2 is 2.00 bits per heavy atom. The molecule has 0 saturated heterocycles. The Bertz CT molecular complexity index is 208. The minimum atomic E-state index is 0.632. The van der Waals surface area contributed by atoms with Crippen LogP contribution in [0.25, 0.3) is 0 Å². The van der Waals surface area contributed by atoms with Crippen molar-refractivity contribution < 1.29 is 0 Å². The van der Waals surface area contributed by atoms with E-state index in [9.17, 15) is 0 Å². The highest BCUT2D eigenvalue weighted by Crippen LogP contribution is 2.35. The van der Waals surface area contributed by atoms with Gasteiger partial charge in [0.25, 0.3) is 0 Å². The minimum Gasteiger partial charge on any atom is -0.132 e. The van der Waals surface area contributed by atoms with Crippen molar-refractivity contribution in [2.24, 2.45) is 0 Å². The molecule has 0 aliphatic heterocycles. The van der Waals surface area contributed by atoms with Crippen LogP contribution in [-0.2, 0) is 0 Å². The molecule has 0 aliphatic carbocycles. The Morgan fingerprint density at radius 1 is 1.40 bits per heavy atom. The van der Waals surface area contributed by atoms with Gasteiger partial charge in [-0.05, 0) is 43.8 Å². The molecule has 10 heavy (non-hydrogen) atoms. The van der Waals surface area contributed by atoms with Crippen LogP contribution in [-0.4, -0.2) is 0 Å². The summed E-state index contributed by atoms with van der Waals surface area (Å²) in [5.41, 5.74) is 0. The SMILES string of the molecule is CC(C)c1cc(Br)c(Br)s1. The smallest absolute Gasteiger partial charge is 0.0843 e. The van der Waals surface area contributed by atoms with Crippen LogP contribution in [0, 0.1) is 0 Å². The number of thiophene rings is 1. The lowest BCUT2D eigenvalue weighted by Crippen LogP contribution is -1.77. The van der Waals surface area contributed by atoms with Crippen LogP contribution < -0.4 is 0 Å². The molecule has 0 N–H and O–H groups in total. The van der Waals surface area contributed by atoms with Gasteiger partial charge in [-0.1, -0.05) is 13.8 Å². The van der Waals surface area contributed by atoms with E-state index in [-0.39, 0.29) is 0 Å². The average molecular weight is 284 g/mol. The summed E-state index contributed by atoms with van der Waals surface area (Å²) in [7, 11) is 0. The molecule has 0 nitrogen and oxygen atoms in total. The Morgan fingerprint density at radius 3 is 2.20 bits per heavy atom. The van der Waals surface area contributed by atoms with Gasteiger partial charge in [0, 0.05) is 9.35 Å². The molecule has 56 valence electrons. The number of hydrogen-bond donors (Lipinski definition) is 0. The van der Waals surface area contributed by atoms with Crippen molar-refractivity contribution in [1.29, 1.82) is 0 Å². The lowest BCUT2D eigenvalue weighted by atomic mass is 10.2. The predicted molar refractivity (Wildman–Crippen MR) is 53.8 cm³/mol. The number of rotatable bonds is 1. The van der Waals surface area contributed by atoms with Crippen LogP contribution in [0.3, 0.4) is 0 Å². The summed E-state index contributed by atoms with van der Waals surface area (Å²) >= 11 is 8.70. The second-order valence-corrected chi connectivity index (χ2v) is 5.68. The van der Waals surface area contributed by atoms with Gasteiger partial charge in [0.15, 0.2) is 0 Å². The van der Waals surface area contributed by atoms with E-state index >= 15 is 0 Å². The molecule has 0 saturated carbocycles. The van der Waals surface area contributed by atoms with Gasteiger partial charge >= 0.3 is 0 Å². The van der Waals surface area contributed by atoms with E-state index < -0.39 is 0 Å². The maximum Gasteiger partial charge on any atom is 0.0843 e. The molecule has 0 fully saturated rings. The van der Waals surface area contributed by atoms with Crippen molar-refractivity contribution in [3.8, 4) is 0 Å². The normalized spacial score (nSPS) is 10.9. The molecule has 0 radical (unpaired) electrons. The molecule has 0 amide bonds. The van der Waals surface area contributed by atoms with Crippen molar-refractivity contribution in [2.45, 2.75) is 19.8 Å². The third-order valence-electron chi connectivity index (χ3n) is 1.23. The van der Waals surface area contributed by atoms with Gasteiger partial charge in [-0.15, -0.1) is 11.3 Å². The lowest BCUT2D eigenvalue weighted by Gasteiger charge is -1.95. The zero-order valence-electron chi connectivity index (χ0n) is 5.82. The fraction of sp³-hybridized carbons (Fsp3) is 0.429. The van der Waals surface area contributed by atoms with Gasteiger partial charge in [0.05, 0.1) is 3.79 Å². The molecule has 0 bridgehead atoms. The van der Waals surface area contributed by atoms with E-state index in [4.69, 9.17) is 0 Å². The summed E-state index contributed by atoms with van der Waals surface area (Å²) in [6.45, 7) is 4.40. The van der Waals surface area contributed by atoms with E-state index in [0.29, 0.717) is 5.92 Å². The molecule has 0 atom stereocenters. The Kier molecular flexibility index (Phi) is 2.95. The van der Waals surface area contributed by atoms with Crippen LogP contribution in [0.2, 0.25) is 0 Å². The Balaban J connectivity index is 2.98. The van der Waals surface area contributed by atoms with E-state index in [1.807, 2.05) is 0 Å². The van der Waals surface area contributed by atoms with E-state index in [2.05, 4.69) is 51.8 Å². The van der Waals surface area contributed by atoms with Gasteiger partial charge < -0.3 is 0 Å². The first-order valence-corrected chi connectivity index (χ1v) is 5.46. The third-order valence-corrected chi connectivity index (χ3v) is 4.79. The zero-order valence-corrected chi connectivity index (χ0v) is 9.81. The molecule has 3 heteroatoms. The molecular formula is C7H8Br2S. The van der Waals surface area contributed by atoms with Crippen molar-refractivity contribution in [2.75, 3.05) is 0 Å². The summed E-state index contributed by atoms with van der Waals surface area (Å²) in [5.74, 6) is 0.632. The quantitative estimate of drug-likeness (QED) is 0.717. The second-order valence-electron chi connectivity index (χ2n) is 2.43. The standard InChI is InChI=1S/C7H8Br2S/c1-4(2)6-3-5(8)7(9)10-6/h3-4H,1-2H3. The number of hydrogen-bond acceptors (Lipinski definition) is 1. The van der Waals surface area contributed by atoms with Crippen LogP contribution in [0.4, 0.5) is 0 Å². The maximum atomic E-state index is 3.46. The van der Waals surface area contributed by atoms with Gasteiger partial charge in [0.2, 0.25) is 0 Å². The van der Waals surface area contributed by atoms with Gasteiger partial charge in [-0.25, -0.2) is 0 Å². The summed E-state index contributed by atoms with van der Waals surface area (Å²) in [4.78, 5) is 1.42. The van der Waals surface area contributed by atoms with Crippen molar-refractivity contribution >= 4 is 43.2 Å². The fourth-order valence-corrected chi connectivity index (χ4v) is 2.74. The molecule has 0 aromatic carbocycles. The van der Waals surface area contributed by atoms with Gasteiger partial charge in [-0.3, -0.25) is 0 Å². The summed E-state index contributed by atoms with van der Waals surface area (Å²) in [6.07, 6.45) is 0. The van der Waals surface area contributed by atoms with Crippen molar-refractivity contribution in [3.05, 3.63) is 19.2 Å². The van der Waals surface area contributed by atoms with Crippen molar-refractivity contribution in [1.82, 2.24) is 0 Å². The fourth-order valence-electron chi connectivity index (χ4n) is 0.648. The minimum absolute atomic E-state index is 0.632. The van der Waals surface area contributed by atoms with Crippen LogP contribution >= 0.6 is 43.2 Å². The Hall–Kier alpha value is 0.660. The highest BCUT2D eigenvalue weighted by Gasteiger charge is 2.06. The van der Waals surface area contributed by atoms with Gasteiger partial charge in [-0.2, -0.15) is 0 Å². The Labute approximate surface area is 81.9 Å². The van der Waals surface area contributed by atoms with Gasteiger partial charge in [0.1, 0.15) is 0 Å². The van der Waals surface area contributed by atoms with Crippen molar-refractivity contribution in [3.63, 3.8) is 0 Å². The predicted octanol–water partition coefficient (Wildman–Crippen LogP) is 4.40. The van der Waals surface area contributed by atoms with Crippen LogP contribution in [0.1, 0.15) is 24.6 Å². The average Bonchev–Trinajstić information content (AvgIpc) is 2.13. The largest absolute Gasteiger partial charge is 0.132 e. The molecule has 1 aromatic heterocycles. The highest BCUT2D eigenvalue weighted by molar-refractivity contribution is 9.13. The summed E-state index contributed by atoms with van der Waals surface area (Å²) in [6, 6.07) is 2.17. The first-order chi connectivity index (χ1) is 4.61. The first-order valence-electron chi connectivity index (χ1n) is 3.06.